The maximum Gasteiger partial charge on any atom is 0.313 e. The van der Waals surface area contributed by atoms with Crippen molar-refractivity contribution < 1.29 is 9.53 Å². The van der Waals surface area contributed by atoms with Crippen LogP contribution < -0.4 is 0 Å². The zero-order chi connectivity index (χ0) is 15.3. The van der Waals surface area contributed by atoms with Gasteiger partial charge in [0.05, 0.1) is 5.41 Å². The van der Waals surface area contributed by atoms with Crippen LogP contribution in [-0.2, 0) is 21.6 Å². The summed E-state index contributed by atoms with van der Waals surface area (Å²) in [5.41, 5.74) is 1.94. The first-order valence-electron chi connectivity index (χ1n) is 8.16. The van der Waals surface area contributed by atoms with Crippen LogP contribution in [0.3, 0.4) is 0 Å². The molecular formula is C19H26O2. The third kappa shape index (κ3) is 2.11. The summed E-state index contributed by atoms with van der Waals surface area (Å²) in [6, 6.07) is 8.46. The van der Waals surface area contributed by atoms with Crippen LogP contribution in [0.1, 0.15) is 64.5 Å². The minimum atomic E-state index is -0.409. The van der Waals surface area contributed by atoms with E-state index in [1.807, 2.05) is 6.92 Å². The Morgan fingerprint density at radius 2 is 1.90 bits per heavy atom. The molecule has 2 unspecified atom stereocenters. The molecule has 0 aromatic heterocycles. The molecule has 0 bridgehead atoms. The van der Waals surface area contributed by atoms with E-state index in [1.165, 1.54) is 11.1 Å². The van der Waals surface area contributed by atoms with Gasteiger partial charge in [0, 0.05) is 0 Å². The number of rotatable bonds is 3. The van der Waals surface area contributed by atoms with Crippen LogP contribution in [-0.4, -0.2) is 5.97 Å². The van der Waals surface area contributed by atoms with Gasteiger partial charge in [0.25, 0.3) is 0 Å². The van der Waals surface area contributed by atoms with Crippen LogP contribution in [0.2, 0.25) is 0 Å². The molecule has 2 aliphatic rings. The van der Waals surface area contributed by atoms with Crippen molar-refractivity contribution in [1.29, 1.82) is 0 Å². The molecule has 0 saturated heterocycles. The number of aryl methyl sites for hydroxylation is 1. The van der Waals surface area contributed by atoms with Crippen LogP contribution in [0.4, 0.5) is 0 Å². The summed E-state index contributed by atoms with van der Waals surface area (Å²) < 4.78 is 6.18. The summed E-state index contributed by atoms with van der Waals surface area (Å²) in [6.07, 6.45) is 4.92. The van der Waals surface area contributed by atoms with Crippen molar-refractivity contribution in [3.63, 3.8) is 0 Å². The molecule has 2 aliphatic carbocycles. The number of esters is 1. The molecule has 3 rings (SSSR count). The smallest absolute Gasteiger partial charge is 0.313 e. The van der Waals surface area contributed by atoms with Crippen LogP contribution in [0.15, 0.2) is 24.3 Å². The van der Waals surface area contributed by atoms with E-state index in [2.05, 4.69) is 45.0 Å². The fraction of sp³-hybridized carbons (Fsp3) is 0.632. The van der Waals surface area contributed by atoms with Crippen LogP contribution >= 0.6 is 0 Å². The van der Waals surface area contributed by atoms with Crippen molar-refractivity contribution in [1.82, 2.24) is 0 Å². The fourth-order valence-electron chi connectivity index (χ4n) is 3.91. The third-order valence-electron chi connectivity index (χ3n) is 6.01. The highest BCUT2D eigenvalue weighted by atomic mass is 16.6. The molecule has 0 amide bonds. The lowest BCUT2D eigenvalue weighted by molar-refractivity contribution is -0.171. The SMILES string of the molecule is CCC1(OC(=O)C2(C)CC2(C)C)CCCc2ccccc21. The van der Waals surface area contributed by atoms with E-state index in [9.17, 15) is 4.79 Å². The lowest BCUT2D eigenvalue weighted by Gasteiger charge is -2.39. The maximum atomic E-state index is 12.8. The Balaban J connectivity index is 1.91. The van der Waals surface area contributed by atoms with Crippen molar-refractivity contribution in [3.8, 4) is 0 Å². The van der Waals surface area contributed by atoms with Crippen molar-refractivity contribution >= 4 is 5.97 Å². The molecule has 0 N–H and O–H groups in total. The van der Waals surface area contributed by atoms with E-state index in [0.717, 1.165) is 32.1 Å². The highest BCUT2D eigenvalue weighted by Crippen LogP contribution is 2.64. The van der Waals surface area contributed by atoms with Gasteiger partial charge in [-0.15, -0.1) is 0 Å². The molecule has 2 atom stereocenters. The number of benzene rings is 1. The van der Waals surface area contributed by atoms with Crippen LogP contribution in [0, 0.1) is 10.8 Å². The number of carbonyl (C=O) groups is 1. The van der Waals surface area contributed by atoms with Crippen LogP contribution in [0.25, 0.3) is 0 Å². The summed E-state index contributed by atoms with van der Waals surface area (Å²) in [6.45, 7) is 8.49. The van der Waals surface area contributed by atoms with Gasteiger partial charge in [-0.1, -0.05) is 45.0 Å². The van der Waals surface area contributed by atoms with E-state index in [0.29, 0.717) is 0 Å². The van der Waals surface area contributed by atoms with E-state index < -0.39 is 5.60 Å². The van der Waals surface area contributed by atoms with Crippen molar-refractivity contribution in [2.24, 2.45) is 10.8 Å². The summed E-state index contributed by atoms with van der Waals surface area (Å²) in [4.78, 5) is 12.8. The molecule has 0 radical (unpaired) electrons. The first-order chi connectivity index (χ1) is 9.85. The number of fused-ring (bicyclic) bond motifs is 1. The number of hydrogen-bond acceptors (Lipinski definition) is 2. The first kappa shape index (κ1) is 14.6. The monoisotopic (exact) mass is 286 g/mol. The lowest BCUT2D eigenvalue weighted by atomic mass is 9.77. The summed E-state index contributed by atoms with van der Waals surface area (Å²) in [7, 11) is 0. The van der Waals surface area contributed by atoms with E-state index in [4.69, 9.17) is 4.74 Å². The van der Waals surface area contributed by atoms with Crippen molar-refractivity contribution in [3.05, 3.63) is 35.4 Å². The molecule has 21 heavy (non-hydrogen) atoms. The highest BCUT2D eigenvalue weighted by molar-refractivity contribution is 5.81. The topological polar surface area (TPSA) is 26.3 Å². The second kappa shape index (κ2) is 4.59. The Morgan fingerprint density at radius 3 is 2.52 bits per heavy atom. The quantitative estimate of drug-likeness (QED) is 0.759. The zero-order valence-corrected chi connectivity index (χ0v) is 13.7. The van der Waals surface area contributed by atoms with Gasteiger partial charge >= 0.3 is 5.97 Å². The Kier molecular flexibility index (Phi) is 3.20. The Labute approximate surface area is 127 Å². The average molecular weight is 286 g/mol. The molecule has 2 nitrogen and oxygen atoms in total. The molecule has 0 spiro atoms. The summed E-state index contributed by atoms with van der Waals surface area (Å²) >= 11 is 0. The average Bonchev–Trinajstić information content (AvgIpc) is 2.99. The molecule has 0 heterocycles. The molecule has 1 aromatic rings. The molecule has 1 aromatic carbocycles. The normalized spacial score (nSPS) is 33.1. The Hall–Kier alpha value is -1.31. The van der Waals surface area contributed by atoms with Crippen molar-refractivity contribution in [2.75, 3.05) is 0 Å². The van der Waals surface area contributed by atoms with Gasteiger partial charge in [-0.05, 0) is 55.6 Å². The van der Waals surface area contributed by atoms with Crippen LogP contribution in [0.5, 0.6) is 0 Å². The lowest BCUT2D eigenvalue weighted by Crippen LogP contribution is -2.38. The van der Waals surface area contributed by atoms with Gasteiger partial charge in [0.15, 0.2) is 0 Å². The van der Waals surface area contributed by atoms with Gasteiger partial charge < -0.3 is 4.74 Å². The van der Waals surface area contributed by atoms with E-state index in [1.54, 1.807) is 0 Å². The Morgan fingerprint density at radius 1 is 1.24 bits per heavy atom. The minimum Gasteiger partial charge on any atom is -0.454 e. The second-order valence-electron chi connectivity index (χ2n) is 7.64. The van der Waals surface area contributed by atoms with Gasteiger partial charge in [0.1, 0.15) is 5.60 Å². The van der Waals surface area contributed by atoms with Gasteiger partial charge in [-0.25, -0.2) is 0 Å². The second-order valence-corrected chi connectivity index (χ2v) is 7.64. The minimum absolute atomic E-state index is 0.00828. The third-order valence-corrected chi connectivity index (χ3v) is 6.01. The van der Waals surface area contributed by atoms with Crippen molar-refractivity contribution in [2.45, 2.75) is 65.4 Å². The largest absolute Gasteiger partial charge is 0.454 e. The van der Waals surface area contributed by atoms with E-state index in [-0.39, 0.29) is 16.8 Å². The molecule has 1 saturated carbocycles. The highest BCUT2D eigenvalue weighted by Gasteiger charge is 2.64. The predicted octanol–water partition coefficient (Wildman–Crippen LogP) is 4.61. The maximum absolute atomic E-state index is 12.8. The fourth-order valence-corrected chi connectivity index (χ4v) is 3.91. The molecule has 2 heteroatoms. The summed E-state index contributed by atoms with van der Waals surface area (Å²) in [5.74, 6) is -0.00828. The molecule has 114 valence electrons. The van der Waals surface area contributed by atoms with Gasteiger partial charge in [0.2, 0.25) is 0 Å². The Bertz CT molecular complexity index is 575. The summed E-state index contributed by atoms with van der Waals surface area (Å²) in [5, 5.41) is 0. The van der Waals surface area contributed by atoms with Gasteiger partial charge in [-0.3, -0.25) is 4.79 Å². The standard InChI is InChI=1S/C19H26O2/c1-5-19(21-16(20)18(4)13-17(18,2)3)12-8-10-14-9-6-7-11-15(14)19/h6-7,9,11H,5,8,10,12-13H2,1-4H3. The first-order valence-corrected chi connectivity index (χ1v) is 8.16. The predicted molar refractivity (Wildman–Crippen MR) is 83.9 cm³/mol. The number of carbonyl (C=O) groups excluding carboxylic acids is 1. The van der Waals surface area contributed by atoms with E-state index >= 15 is 0 Å². The number of hydrogen-bond donors (Lipinski definition) is 0. The number of ether oxygens (including phenoxy) is 1. The van der Waals surface area contributed by atoms with Gasteiger partial charge in [-0.2, -0.15) is 0 Å². The molecule has 1 fully saturated rings. The zero-order valence-electron chi connectivity index (χ0n) is 13.7. The molecular weight excluding hydrogens is 260 g/mol. The molecule has 0 aliphatic heterocycles.